The lowest BCUT2D eigenvalue weighted by Crippen LogP contribution is -2.27. The molecule has 1 amide bonds. The van der Waals surface area contributed by atoms with Gasteiger partial charge in [-0.05, 0) is 23.3 Å². The SMILES string of the molecule is C=CCn1c(SCC(=O)NCCC(C)C)nnc1-c1ccc(C(C)(C)C)cc1. The number of hydrogen-bond acceptors (Lipinski definition) is 4. The van der Waals surface area contributed by atoms with Crippen LogP contribution in [0.4, 0.5) is 0 Å². The highest BCUT2D eigenvalue weighted by atomic mass is 32.2. The van der Waals surface area contributed by atoms with Crippen LogP contribution in [-0.2, 0) is 16.8 Å². The summed E-state index contributed by atoms with van der Waals surface area (Å²) in [6.07, 6.45) is 2.81. The lowest BCUT2D eigenvalue weighted by atomic mass is 9.87. The van der Waals surface area contributed by atoms with Crippen molar-refractivity contribution in [2.75, 3.05) is 12.3 Å². The Hall–Kier alpha value is -2.08. The van der Waals surface area contributed by atoms with Crippen molar-refractivity contribution >= 4 is 17.7 Å². The van der Waals surface area contributed by atoms with E-state index < -0.39 is 0 Å². The maximum absolute atomic E-state index is 12.1. The van der Waals surface area contributed by atoms with Gasteiger partial charge in [0.1, 0.15) is 0 Å². The topological polar surface area (TPSA) is 59.8 Å². The van der Waals surface area contributed by atoms with E-state index in [2.05, 4.69) is 81.0 Å². The number of carbonyl (C=O) groups is 1. The average molecular weight is 401 g/mol. The molecule has 6 heteroatoms. The molecule has 0 spiro atoms. The van der Waals surface area contributed by atoms with Crippen LogP contribution in [0, 0.1) is 5.92 Å². The number of aromatic nitrogens is 3. The van der Waals surface area contributed by atoms with Gasteiger partial charge >= 0.3 is 0 Å². The predicted octanol–water partition coefficient (Wildman–Crippen LogP) is 4.68. The molecule has 0 saturated carbocycles. The molecule has 0 atom stereocenters. The van der Waals surface area contributed by atoms with Crippen molar-refractivity contribution in [2.24, 2.45) is 5.92 Å². The summed E-state index contributed by atoms with van der Waals surface area (Å²) in [6, 6.07) is 8.43. The zero-order chi connectivity index (χ0) is 20.7. The van der Waals surface area contributed by atoms with Gasteiger partial charge in [0.05, 0.1) is 5.75 Å². The number of amides is 1. The van der Waals surface area contributed by atoms with Crippen LogP contribution in [0.15, 0.2) is 42.1 Å². The highest BCUT2D eigenvalue weighted by Gasteiger charge is 2.17. The molecule has 152 valence electrons. The van der Waals surface area contributed by atoms with E-state index in [0.717, 1.165) is 23.0 Å². The molecule has 0 fully saturated rings. The van der Waals surface area contributed by atoms with Crippen molar-refractivity contribution in [3.8, 4) is 11.4 Å². The van der Waals surface area contributed by atoms with Gasteiger partial charge in [-0.15, -0.1) is 16.8 Å². The molecule has 0 unspecified atom stereocenters. The Labute approximate surface area is 173 Å². The fourth-order valence-electron chi connectivity index (χ4n) is 2.70. The summed E-state index contributed by atoms with van der Waals surface area (Å²) in [7, 11) is 0. The number of benzene rings is 1. The third kappa shape index (κ3) is 6.23. The van der Waals surface area contributed by atoms with Crippen LogP contribution >= 0.6 is 11.8 Å². The first kappa shape index (κ1) is 22.2. The number of nitrogens with zero attached hydrogens (tertiary/aromatic N) is 3. The summed E-state index contributed by atoms with van der Waals surface area (Å²) < 4.78 is 2.01. The zero-order valence-corrected chi connectivity index (χ0v) is 18.5. The first-order valence-electron chi connectivity index (χ1n) is 9.77. The quantitative estimate of drug-likeness (QED) is 0.490. The summed E-state index contributed by atoms with van der Waals surface area (Å²) in [4.78, 5) is 12.1. The first-order chi connectivity index (χ1) is 13.2. The lowest BCUT2D eigenvalue weighted by Gasteiger charge is -2.19. The maximum Gasteiger partial charge on any atom is 0.230 e. The van der Waals surface area contributed by atoms with E-state index in [4.69, 9.17) is 0 Å². The molecular formula is C22H32N4OS. The van der Waals surface area contributed by atoms with Gasteiger partial charge in [-0.2, -0.15) is 0 Å². The Morgan fingerprint density at radius 3 is 2.50 bits per heavy atom. The molecule has 5 nitrogen and oxygen atoms in total. The molecule has 0 bridgehead atoms. The lowest BCUT2D eigenvalue weighted by molar-refractivity contribution is -0.118. The number of nitrogens with one attached hydrogen (secondary N) is 1. The second-order valence-corrected chi connectivity index (χ2v) is 9.30. The monoisotopic (exact) mass is 400 g/mol. The number of rotatable bonds is 9. The van der Waals surface area contributed by atoms with E-state index in [9.17, 15) is 4.79 Å². The normalized spacial score (nSPS) is 11.6. The third-order valence-corrected chi connectivity index (χ3v) is 5.38. The molecule has 1 aromatic heterocycles. The van der Waals surface area contributed by atoms with Crippen molar-refractivity contribution < 1.29 is 4.79 Å². The number of hydrogen-bond donors (Lipinski definition) is 1. The van der Waals surface area contributed by atoms with E-state index in [-0.39, 0.29) is 11.3 Å². The number of thioether (sulfide) groups is 1. The Bertz CT molecular complexity index is 788. The molecule has 2 aromatic rings. The first-order valence-corrected chi connectivity index (χ1v) is 10.8. The Kier molecular flexibility index (Phi) is 7.87. The molecule has 1 N–H and O–H groups in total. The van der Waals surface area contributed by atoms with Crippen LogP contribution in [0.3, 0.4) is 0 Å². The van der Waals surface area contributed by atoms with Gasteiger partial charge in [-0.25, -0.2) is 0 Å². The van der Waals surface area contributed by atoms with E-state index in [1.807, 2.05) is 10.6 Å². The Balaban J connectivity index is 2.10. The molecule has 0 aliphatic rings. The molecule has 28 heavy (non-hydrogen) atoms. The second kappa shape index (κ2) is 9.92. The van der Waals surface area contributed by atoms with Gasteiger partial charge in [0.15, 0.2) is 11.0 Å². The van der Waals surface area contributed by atoms with Crippen LogP contribution in [-0.4, -0.2) is 33.0 Å². The van der Waals surface area contributed by atoms with Gasteiger partial charge < -0.3 is 5.32 Å². The largest absolute Gasteiger partial charge is 0.355 e. The van der Waals surface area contributed by atoms with Crippen LogP contribution < -0.4 is 5.32 Å². The maximum atomic E-state index is 12.1. The third-order valence-electron chi connectivity index (χ3n) is 4.41. The van der Waals surface area contributed by atoms with Gasteiger partial charge in [0.25, 0.3) is 0 Å². The Morgan fingerprint density at radius 1 is 1.25 bits per heavy atom. The molecule has 0 saturated heterocycles. The standard InChI is InChI=1S/C22H32N4OS/c1-7-14-26-20(17-8-10-18(11-9-17)22(4,5)6)24-25-21(26)28-15-19(27)23-13-12-16(2)3/h7-11,16H,1,12-15H2,2-6H3,(H,23,27). The molecule has 1 aromatic carbocycles. The van der Waals surface area contributed by atoms with Gasteiger partial charge in [0.2, 0.25) is 5.91 Å². The number of allylic oxidation sites excluding steroid dienone is 1. The minimum atomic E-state index is 0.0230. The second-order valence-electron chi connectivity index (χ2n) is 8.35. The van der Waals surface area contributed by atoms with Crippen LogP contribution in [0.25, 0.3) is 11.4 Å². The molecule has 0 aliphatic heterocycles. The van der Waals surface area contributed by atoms with E-state index in [0.29, 0.717) is 24.8 Å². The van der Waals surface area contributed by atoms with Gasteiger partial charge in [0, 0.05) is 18.7 Å². The van der Waals surface area contributed by atoms with Crippen LogP contribution in [0.1, 0.15) is 46.6 Å². The van der Waals surface area contributed by atoms with Crippen molar-refractivity contribution in [1.29, 1.82) is 0 Å². The number of carbonyl (C=O) groups excluding carboxylic acids is 1. The minimum absolute atomic E-state index is 0.0230. The highest BCUT2D eigenvalue weighted by molar-refractivity contribution is 7.99. The molecule has 1 heterocycles. The van der Waals surface area contributed by atoms with Gasteiger partial charge in [-0.3, -0.25) is 9.36 Å². The van der Waals surface area contributed by atoms with Crippen LogP contribution in [0.5, 0.6) is 0 Å². The highest BCUT2D eigenvalue weighted by Crippen LogP contribution is 2.27. The van der Waals surface area contributed by atoms with Crippen molar-refractivity contribution in [1.82, 2.24) is 20.1 Å². The molecule has 0 radical (unpaired) electrons. The van der Waals surface area contributed by atoms with Crippen molar-refractivity contribution in [3.63, 3.8) is 0 Å². The molecule has 0 aliphatic carbocycles. The van der Waals surface area contributed by atoms with Gasteiger partial charge in [-0.1, -0.05) is 76.7 Å². The van der Waals surface area contributed by atoms with Crippen molar-refractivity contribution in [3.05, 3.63) is 42.5 Å². The summed E-state index contributed by atoms with van der Waals surface area (Å²) in [5.41, 5.74) is 2.39. The van der Waals surface area contributed by atoms with E-state index in [1.54, 1.807) is 0 Å². The van der Waals surface area contributed by atoms with E-state index in [1.165, 1.54) is 17.3 Å². The minimum Gasteiger partial charge on any atom is -0.355 e. The fourth-order valence-corrected chi connectivity index (χ4v) is 3.48. The molecular weight excluding hydrogens is 368 g/mol. The predicted molar refractivity (Wildman–Crippen MR) is 118 cm³/mol. The Morgan fingerprint density at radius 2 is 1.93 bits per heavy atom. The summed E-state index contributed by atoms with van der Waals surface area (Å²) in [5, 5.41) is 12.4. The summed E-state index contributed by atoms with van der Waals surface area (Å²) in [5.74, 6) is 1.73. The smallest absolute Gasteiger partial charge is 0.230 e. The van der Waals surface area contributed by atoms with Crippen molar-refractivity contribution in [2.45, 2.75) is 58.2 Å². The fraction of sp³-hybridized carbons (Fsp3) is 0.500. The average Bonchev–Trinajstić information content (AvgIpc) is 3.02. The zero-order valence-electron chi connectivity index (χ0n) is 17.7. The van der Waals surface area contributed by atoms with E-state index >= 15 is 0 Å². The molecule has 2 rings (SSSR count). The summed E-state index contributed by atoms with van der Waals surface area (Å²) in [6.45, 7) is 16.0. The van der Waals surface area contributed by atoms with Crippen LogP contribution in [0.2, 0.25) is 0 Å². The summed E-state index contributed by atoms with van der Waals surface area (Å²) >= 11 is 1.41.